The first kappa shape index (κ1) is 14.8. The normalized spacial score (nSPS) is 12.6. The van der Waals surface area contributed by atoms with Crippen LogP contribution in [-0.2, 0) is 6.42 Å². The molecule has 0 saturated carbocycles. The maximum absolute atomic E-state index is 11.9. The van der Waals surface area contributed by atoms with Crippen LogP contribution in [-0.4, -0.2) is 29.8 Å². The molecule has 1 aromatic carbocycles. The van der Waals surface area contributed by atoms with Crippen LogP contribution >= 0.6 is 0 Å². The highest BCUT2D eigenvalue weighted by molar-refractivity contribution is 5.28. The highest BCUT2D eigenvalue weighted by atomic mass is 19.4. The number of aliphatic hydroxyl groups is 2. The third-order valence-corrected chi connectivity index (χ3v) is 2.55. The van der Waals surface area contributed by atoms with E-state index in [1.165, 1.54) is 24.3 Å². The number of halogens is 3. The zero-order chi connectivity index (χ0) is 13.8. The predicted molar refractivity (Wildman–Crippen MR) is 59.1 cm³/mol. The molecular weight excluding hydrogens is 249 g/mol. The van der Waals surface area contributed by atoms with Gasteiger partial charge in [-0.15, -0.1) is 13.2 Å². The maximum atomic E-state index is 11.9. The van der Waals surface area contributed by atoms with Gasteiger partial charge in [-0.05, 0) is 24.1 Å². The van der Waals surface area contributed by atoms with Gasteiger partial charge >= 0.3 is 6.36 Å². The van der Waals surface area contributed by atoms with Crippen molar-refractivity contribution in [2.45, 2.75) is 19.7 Å². The van der Waals surface area contributed by atoms with Crippen LogP contribution in [0.25, 0.3) is 0 Å². The molecule has 0 saturated heterocycles. The van der Waals surface area contributed by atoms with Crippen LogP contribution in [0.15, 0.2) is 24.3 Å². The average Bonchev–Trinajstić information content (AvgIpc) is 2.30. The molecule has 6 heteroatoms. The molecule has 102 valence electrons. The lowest BCUT2D eigenvalue weighted by Gasteiger charge is -2.24. The summed E-state index contributed by atoms with van der Waals surface area (Å²) in [6.45, 7) is 1.28. The maximum Gasteiger partial charge on any atom is 0.573 e. The Balaban J connectivity index is 2.71. The van der Waals surface area contributed by atoms with E-state index < -0.39 is 11.8 Å². The van der Waals surface area contributed by atoms with E-state index in [0.717, 1.165) is 5.56 Å². The summed E-state index contributed by atoms with van der Waals surface area (Å²) in [6.07, 6.45) is -4.33. The molecule has 0 aliphatic carbocycles. The minimum atomic E-state index is -4.70. The van der Waals surface area contributed by atoms with Crippen molar-refractivity contribution in [3.8, 4) is 5.75 Å². The van der Waals surface area contributed by atoms with Crippen molar-refractivity contribution in [1.29, 1.82) is 0 Å². The Morgan fingerprint density at radius 1 is 1.06 bits per heavy atom. The van der Waals surface area contributed by atoms with Gasteiger partial charge in [0.2, 0.25) is 0 Å². The third-order valence-electron chi connectivity index (χ3n) is 2.55. The van der Waals surface area contributed by atoms with E-state index >= 15 is 0 Å². The van der Waals surface area contributed by atoms with Crippen molar-refractivity contribution >= 4 is 0 Å². The van der Waals surface area contributed by atoms with Crippen LogP contribution in [0.3, 0.4) is 0 Å². The van der Waals surface area contributed by atoms with Crippen molar-refractivity contribution in [3.63, 3.8) is 0 Å². The number of hydrogen-bond acceptors (Lipinski definition) is 3. The number of rotatable bonds is 5. The first-order valence-corrected chi connectivity index (χ1v) is 5.34. The fourth-order valence-electron chi connectivity index (χ4n) is 1.46. The molecule has 0 aliphatic rings. The Labute approximate surface area is 103 Å². The Hall–Kier alpha value is -1.27. The Bertz CT molecular complexity index is 369. The van der Waals surface area contributed by atoms with Crippen molar-refractivity contribution in [3.05, 3.63) is 29.8 Å². The van der Waals surface area contributed by atoms with Gasteiger partial charge in [0.25, 0.3) is 0 Å². The quantitative estimate of drug-likeness (QED) is 0.856. The number of aliphatic hydroxyl groups excluding tert-OH is 2. The topological polar surface area (TPSA) is 49.7 Å². The monoisotopic (exact) mass is 264 g/mol. The summed E-state index contributed by atoms with van der Waals surface area (Å²) < 4.78 is 39.5. The highest BCUT2D eigenvalue weighted by Gasteiger charge is 2.31. The van der Waals surface area contributed by atoms with Gasteiger partial charge in [-0.25, -0.2) is 0 Å². The van der Waals surface area contributed by atoms with Crippen LogP contribution in [0.2, 0.25) is 0 Å². The second-order valence-corrected chi connectivity index (χ2v) is 4.50. The average molecular weight is 264 g/mol. The van der Waals surface area contributed by atoms with Gasteiger partial charge in [0.15, 0.2) is 0 Å². The zero-order valence-corrected chi connectivity index (χ0v) is 9.87. The molecule has 0 unspecified atom stereocenters. The van der Waals surface area contributed by atoms with E-state index in [4.69, 9.17) is 10.2 Å². The van der Waals surface area contributed by atoms with Crippen LogP contribution in [0.5, 0.6) is 5.75 Å². The number of benzene rings is 1. The Kier molecular flexibility index (Phi) is 4.59. The summed E-state index contributed by atoms with van der Waals surface area (Å²) in [6, 6.07) is 5.37. The van der Waals surface area contributed by atoms with Crippen LogP contribution in [0.4, 0.5) is 13.2 Å². The van der Waals surface area contributed by atoms with Crippen molar-refractivity contribution < 1.29 is 28.1 Å². The van der Waals surface area contributed by atoms with Crippen LogP contribution in [0.1, 0.15) is 12.5 Å². The predicted octanol–water partition coefficient (Wildman–Crippen LogP) is 2.12. The summed E-state index contributed by atoms with van der Waals surface area (Å²) in [5, 5.41) is 18.2. The van der Waals surface area contributed by atoms with E-state index in [-0.39, 0.29) is 19.0 Å². The summed E-state index contributed by atoms with van der Waals surface area (Å²) in [4.78, 5) is 0. The van der Waals surface area contributed by atoms with Gasteiger partial charge in [-0.3, -0.25) is 0 Å². The van der Waals surface area contributed by atoms with E-state index in [0.29, 0.717) is 6.42 Å². The second kappa shape index (κ2) is 5.58. The molecule has 0 aliphatic heterocycles. The van der Waals surface area contributed by atoms with Crippen molar-refractivity contribution in [2.24, 2.45) is 5.41 Å². The zero-order valence-electron chi connectivity index (χ0n) is 9.87. The van der Waals surface area contributed by atoms with E-state index in [9.17, 15) is 13.2 Å². The molecule has 0 amide bonds. The smallest absolute Gasteiger partial charge is 0.406 e. The molecule has 1 aromatic rings. The summed E-state index contributed by atoms with van der Waals surface area (Å²) >= 11 is 0. The largest absolute Gasteiger partial charge is 0.573 e. The van der Waals surface area contributed by atoms with Crippen molar-refractivity contribution in [1.82, 2.24) is 0 Å². The van der Waals surface area contributed by atoms with Crippen LogP contribution < -0.4 is 4.74 Å². The molecule has 18 heavy (non-hydrogen) atoms. The lowest BCUT2D eigenvalue weighted by molar-refractivity contribution is -0.274. The second-order valence-electron chi connectivity index (χ2n) is 4.50. The molecule has 0 heterocycles. The summed E-state index contributed by atoms with van der Waals surface area (Å²) in [7, 11) is 0. The minimum Gasteiger partial charge on any atom is -0.406 e. The highest BCUT2D eigenvalue weighted by Crippen LogP contribution is 2.25. The molecule has 0 spiro atoms. The molecule has 2 N–H and O–H groups in total. The SMILES string of the molecule is CC(CO)(CO)Cc1ccc(OC(F)(F)F)cc1. The molecule has 0 bridgehead atoms. The van der Waals surface area contributed by atoms with Crippen molar-refractivity contribution in [2.75, 3.05) is 13.2 Å². The van der Waals surface area contributed by atoms with E-state index in [2.05, 4.69) is 4.74 Å². The first-order valence-electron chi connectivity index (χ1n) is 5.34. The van der Waals surface area contributed by atoms with Gasteiger partial charge in [-0.1, -0.05) is 19.1 Å². The molecule has 1 rings (SSSR count). The number of hydrogen-bond donors (Lipinski definition) is 2. The van der Waals surface area contributed by atoms with Gasteiger partial charge in [-0.2, -0.15) is 0 Å². The fourth-order valence-corrected chi connectivity index (χ4v) is 1.46. The van der Waals surface area contributed by atoms with Gasteiger partial charge in [0.05, 0.1) is 13.2 Å². The summed E-state index contributed by atoms with van der Waals surface area (Å²) in [5.41, 5.74) is 0.0296. The Morgan fingerprint density at radius 3 is 1.94 bits per heavy atom. The van der Waals surface area contributed by atoms with Gasteiger partial charge in [0.1, 0.15) is 5.75 Å². The summed E-state index contributed by atoms with van der Waals surface area (Å²) in [5.74, 6) is -0.291. The molecule has 0 aromatic heterocycles. The molecule has 0 radical (unpaired) electrons. The standard InChI is InChI=1S/C12H15F3O3/c1-11(7-16,8-17)6-9-2-4-10(5-3-9)18-12(13,14)15/h2-5,16-17H,6-8H2,1H3. The molecule has 0 atom stereocenters. The number of alkyl halides is 3. The lowest BCUT2D eigenvalue weighted by atomic mass is 9.85. The first-order chi connectivity index (χ1) is 8.28. The minimum absolute atomic E-state index is 0.204. The molecule has 3 nitrogen and oxygen atoms in total. The molecule has 0 fully saturated rings. The Morgan fingerprint density at radius 2 is 1.56 bits per heavy atom. The van der Waals surface area contributed by atoms with Gasteiger partial charge < -0.3 is 14.9 Å². The molecular formula is C12H15F3O3. The van der Waals surface area contributed by atoms with E-state index in [1.54, 1.807) is 6.92 Å². The third kappa shape index (κ3) is 4.54. The van der Waals surface area contributed by atoms with Gasteiger partial charge in [0, 0.05) is 5.41 Å². The lowest BCUT2D eigenvalue weighted by Crippen LogP contribution is -2.28. The van der Waals surface area contributed by atoms with Crippen LogP contribution in [0, 0.1) is 5.41 Å². The van der Waals surface area contributed by atoms with E-state index in [1.807, 2.05) is 0 Å². The number of ether oxygens (including phenoxy) is 1. The fraction of sp³-hybridized carbons (Fsp3) is 0.500.